The van der Waals surface area contributed by atoms with Crippen LogP contribution in [-0.2, 0) is 20.0 Å². The number of hydrogen-bond donors (Lipinski definition) is 0. The van der Waals surface area contributed by atoms with Crippen LogP contribution in [0.4, 0.5) is 19.0 Å². The first-order chi connectivity index (χ1) is 9.50. The minimum atomic E-state index is -4.62. The fourth-order valence-electron chi connectivity index (χ4n) is 1.85. The normalized spacial score (nSPS) is 20.1. The van der Waals surface area contributed by atoms with E-state index in [9.17, 15) is 26.4 Å². The summed E-state index contributed by atoms with van der Waals surface area (Å²) in [5.74, 6) is -0.851. The largest absolute Gasteiger partial charge is 0.417 e. The van der Waals surface area contributed by atoms with E-state index in [1.54, 1.807) is 0 Å². The van der Waals surface area contributed by atoms with E-state index in [0.717, 1.165) is 4.90 Å². The number of halogens is 5. The number of pyridine rings is 1. The molecule has 0 N–H and O–H groups in total. The standard InChI is InChI=1S/C10H7Cl2F3N2O3S/c11-7-1-5(10(13,14)15)3-16-9(7)17-4-6(2-8(17)18)21(12,19)20/h1,3,6H,2,4H2. The molecule has 1 unspecified atom stereocenters. The van der Waals surface area contributed by atoms with Gasteiger partial charge in [0.15, 0.2) is 5.82 Å². The fraction of sp³-hybridized carbons (Fsp3) is 0.400. The van der Waals surface area contributed by atoms with Crippen LogP contribution < -0.4 is 4.90 Å². The van der Waals surface area contributed by atoms with Crippen molar-refractivity contribution in [2.75, 3.05) is 11.4 Å². The SMILES string of the molecule is O=C1CC(S(=O)(=O)Cl)CN1c1ncc(C(F)(F)F)cc1Cl. The summed E-state index contributed by atoms with van der Waals surface area (Å²) in [6, 6.07) is 0.625. The Balaban J connectivity index is 2.34. The van der Waals surface area contributed by atoms with Crippen molar-refractivity contribution in [3.05, 3.63) is 22.8 Å². The van der Waals surface area contributed by atoms with Gasteiger partial charge in [0, 0.05) is 29.8 Å². The molecule has 1 aliphatic rings. The van der Waals surface area contributed by atoms with Gasteiger partial charge in [0.1, 0.15) is 5.25 Å². The summed E-state index contributed by atoms with van der Waals surface area (Å²) in [6.07, 6.45) is -4.46. The Morgan fingerprint density at radius 2 is 2.00 bits per heavy atom. The summed E-state index contributed by atoms with van der Waals surface area (Å²) in [5.41, 5.74) is -1.07. The molecule has 1 amide bonds. The number of aromatic nitrogens is 1. The highest BCUT2D eigenvalue weighted by Gasteiger charge is 2.40. The molecule has 0 spiro atoms. The molecule has 0 aliphatic carbocycles. The second-order valence-corrected chi connectivity index (χ2v) is 7.65. The van der Waals surface area contributed by atoms with E-state index in [1.807, 2.05) is 0 Å². The monoisotopic (exact) mass is 362 g/mol. The molecule has 1 fully saturated rings. The third kappa shape index (κ3) is 3.41. The zero-order valence-corrected chi connectivity index (χ0v) is 12.4. The molecular formula is C10H7Cl2F3N2O3S. The number of rotatable bonds is 2. The minimum Gasteiger partial charge on any atom is -0.294 e. The zero-order chi connectivity index (χ0) is 16.0. The second kappa shape index (κ2) is 5.29. The highest BCUT2D eigenvalue weighted by atomic mass is 35.7. The predicted molar refractivity (Wildman–Crippen MR) is 69.8 cm³/mol. The van der Waals surface area contributed by atoms with Crippen LogP contribution in [-0.4, -0.2) is 31.1 Å². The molecule has 1 atom stereocenters. The molecule has 1 saturated heterocycles. The Kier molecular flexibility index (Phi) is 4.11. The number of carbonyl (C=O) groups excluding carboxylic acids is 1. The van der Waals surface area contributed by atoms with Crippen molar-refractivity contribution in [3.63, 3.8) is 0 Å². The first-order valence-corrected chi connectivity index (χ1v) is 8.22. The molecular weight excluding hydrogens is 356 g/mol. The van der Waals surface area contributed by atoms with Gasteiger partial charge in [-0.05, 0) is 6.07 Å². The quantitative estimate of drug-likeness (QED) is 0.757. The van der Waals surface area contributed by atoms with Crippen LogP contribution in [0.1, 0.15) is 12.0 Å². The highest BCUT2D eigenvalue weighted by Crippen LogP contribution is 2.35. The molecule has 0 radical (unpaired) electrons. The van der Waals surface area contributed by atoms with Crippen molar-refractivity contribution in [1.29, 1.82) is 0 Å². The van der Waals surface area contributed by atoms with Crippen molar-refractivity contribution in [2.45, 2.75) is 17.8 Å². The highest BCUT2D eigenvalue weighted by molar-refractivity contribution is 8.14. The topological polar surface area (TPSA) is 67.3 Å². The molecule has 0 bridgehead atoms. The van der Waals surface area contributed by atoms with E-state index in [-0.39, 0.29) is 18.8 Å². The lowest BCUT2D eigenvalue weighted by Gasteiger charge is -2.17. The van der Waals surface area contributed by atoms with Crippen LogP contribution in [0.15, 0.2) is 12.3 Å². The van der Waals surface area contributed by atoms with Gasteiger partial charge >= 0.3 is 6.18 Å². The smallest absolute Gasteiger partial charge is 0.294 e. The Morgan fingerprint density at radius 1 is 1.38 bits per heavy atom. The number of alkyl halides is 3. The van der Waals surface area contributed by atoms with E-state index in [0.29, 0.717) is 12.3 Å². The van der Waals surface area contributed by atoms with Gasteiger partial charge in [0.25, 0.3) is 0 Å². The average Bonchev–Trinajstić information content (AvgIpc) is 2.70. The van der Waals surface area contributed by atoms with Gasteiger partial charge in [-0.1, -0.05) is 11.6 Å². The molecule has 5 nitrogen and oxygen atoms in total. The summed E-state index contributed by atoms with van der Waals surface area (Å²) in [7, 11) is 1.21. The molecule has 2 heterocycles. The Bertz CT molecular complexity index is 693. The third-order valence-corrected chi connectivity index (χ3v) is 5.04. The summed E-state index contributed by atoms with van der Waals surface area (Å²) < 4.78 is 59.9. The van der Waals surface area contributed by atoms with Gasteiger partial charge in [-0.15, -0.1) is 0 Å². The lowest BCUT2D eigenvalue weighted by Crippen LogP contribution is -2.28. The van der Waals surface area contributed by atoms with E-state index in [1.165, 1.54) is 0 Å². The molecule has 2 rings (SSSR count). The van der Waals surface area contributed by atoms with Gasteiger partial charge in [0.2, 0.25) is 15.0 Å². The van der Waals surface area contributed by atoms with Crippen LogP contribution in [0.3, 0.4) is 0 Å². The van der Waals surface area contributed by atoms with E-state index in [2.05, 4.69) is 4.98 Å². The lowest BCUT2D eigenvalue weighted by atomic mass is 10.2. The Labute approximate surface area is 127 Å². The van der Waals surface area contributed by atoms with E-state index >= 15 is 0 Å². The van der Waals surface area contributed by atoms with Crippen molar-refractivity contribution < 1.29 is 26.4 Å². The number of anilines is 1. The van der Waals surface area contributed by atoms with E-state index in [4.69, 9.17) is 22.3 Å². The van der Waals surface area contributed by atoms with Crippen molar-refractivity contribution in [3.8, 4) is 0 Å². The molecule has 1 aliphatic heterocycles. The van der Waals surface area contributed by atoms with Crippen LogP contribution in [0.5, 0.6) is 0 Å². The zero-order valence-electron chi connectivity index (χ0n) is 10.1. The Hall–Kier alpha value is -1.06. The molecule has 0 aromatic carbocycles. The van der Waals surface area contributed by atoms with Gasteiger partial charge in [-0.3, -0.25) is 9.69 Å². The summed E-state index contributed by atoms with van der Waals surface area (Å²) in [6.45, 7) is -0.303. The second-order valence-electron chi connectivity index (χ2n) is 4.33. The van der Waals surface area contributed by atoms with Crippen LogP contribution in [0, 0.1) is 0 Å². The molecule has 0 saturated carbocycles. The van der Waals surface area contributed by atoms with Crippen LogP contribution >= 0.6 is 22.3 Å². The third-order valence-electron chi connectivity index (χ3n) is 2.89. The predicted octanol–water partition coefficient (Wildman–Crippen LogP) is 2.43. The van der Waals surface area contributed by atoms with Crippen molar-refractivity contribution in [1.82, 2.24) is 4.98 Å². The summed E-state index contributed by atoms with van der Waals surface area (Å²) in [5, 5.41) is -1.54. The number of hydrogen-bond acceptors (Lipinski definition) is 4. The van der Waals surface area contributed by atoms with Gasteiger partial charge in [-0.2, -0.15) is 13.2 Å². The molecule has 116 valence electrons. The van der Waals surface area contributed by atoms with Crippen molar-refractivity contribution >= 4 is 43.1 Å². The number of nitrogens with zero attached hydrogens (tertiary/aromatic N) is 2. The van der Waals surface area contributed by atoms with Gasteiger partial charge in [-0.25, -0.2) is 13.4 Å². The number of carbonyl (C=O) groups is 1. The molecule has 1 aromatic rings. The molecule has 1 aromatic heterocycles. The Morgan fingerprint density at radius 3 is 2.43 bits per heavy atom. The van der Waals surface area contributed by atoms with Crippen molar-refractivity contribution in [2.24, 2.45) is 0 Å². The van der Waals surface area contributed by atoms with Gasteiger partial charge in [0.05, 0.1) is 10.6 Å². The van der Waals surface area contributed by atoms with Crippen LogP contribution in [0.2, 0.25) is 5.02 Å². The first kappa shape index (κ1) is 16.3. The van der Waals surface area contributed by atoms with Crippen LogP contribution in [0.25, 0.3) is 0 Å². The average molecular weight is 363 g/mol. The maximum absolute atomic E-state index is 12.5. The lowest BCUT2D eigenvalue weighted by molar-refractivity contribution is -0.137. The van der Waals surface area contributed by atoms with E-state index < -0.39 is 37.0 Å². The van der Waals surface area contributed by atoms with Gasteiger partial charge < -0.3 is 0 Å². The first-order valence-electron chi connectivity index (χ1n) is 5.46. The molecule has 11 heteroatoms. The summed E-state index contributed by atoms with van der Waals surface area (Å²) in [4.78, 5) is 16.2. The maximum Gasteiger partial charge on any atom is 0.417 e. The summed E-state index contributed by atoms with van der Waals surface area (Å²) >= 11 is 5.70. The number of amides is 1. The minimum absolute atomic E-state index is 0.225. The molecule has 21 heavy (non-hydrogen) atoms. The maximum atomic E-state index is 12.5. The fourth-order valence-corrected chi connectivity index (χ4v) is 3.15.